The van der Waals surface area contributed by atoms with Crippen LogP contribution in [0.15, 0.2) is 54.9 Å². The Morgan fingerprint density at radius 1 is 1.12 bits per heavy atom. The molecule has 2 unspecified atom stereocenters. The normalized spacial score (nSPS) is 17.9. The minimum Gasteiger partial charge on any atom is -0.493 e. The quantitative estimate of drug-likeness (QED) is 0.428. The van der Waals surface area contributed by atoms with E-state index in [4.69, 9.17) is 4.74 Å². The van der Waals surface area contributed by atoms with Gasteiger partial charge in [0, 0.05) is 43.7 Å². The van der Waals surface area contributed by atoms with E-state index in [1.54, 1.807) is 12.3 Å². The van der Waals surface area contributed by atoms with Crippen molar-refractivity contribution in [2.24, 2.45) is 0 Å². The molecule has 3 aromatic rings. The molecule has 0 radical (unpaired) electrons. The molecular formula is C32H41FN4O3. The molecule has 214 valence electrons. The molecule has 3 N–H and O–H groups in total. The van der Waals surface area contributed by atoms with Crippen molar-refractivity contribution < 1.29 is 19.0 Å². The minimum atomic E-state index is -0.920. The molecule has 1 aromatic heterocycles. The number of carbonyl (C=O) groups is 1. The van der Waals surface area contributed by atoms with Gasteiger partial charge in [0.1, 0.15) is 11.6 Å². The number of halogens is 1. The van der Waals surface area contributed by atoms with Gasteiger partial charge in [0.05, 0.1) is 18.8 Å². The summed E-state index contributed by atoms with van der Waals surface area (Å²) in [6.45, 7) is 6.93. The summed E-state index contributed by atoms with van der Waals surface area (Å²) < 4.78 is 20.4. The maximum atomic E-state index is 14.5. The summed E-state index contributed by atoms with van der Waals surface area (Å²) in [6.07, 6.45) is 5.66. The third kappa shape index (κ3) is 8.84. The van der Waals surface area contributed by atoms with Crippen molar-refractivity contribution >= 4 is 5.91 Å². The van der Waals surface area contributed by atoms with E-state index in [1.165, 1.54) is 12.1 Å². The van der Waals surface area contributed by atoms with Crippen LogP contribution < -0.4 is 15.4 Å². The van der Waals surface area contributed by atoms with Gasteiger partial charge < -0.3 is 25.4 Å². The smallest absolute Gasteiger partial charge is 0.251 e. The fraction of sp³-hybridized carbons (Fsp3) is 0.438. The predicted octanol–water partition coefficient (Wildman–Crippen LogP) is 4.19. The number of nitrogens with one attached hydrogen (secondary N) is 2. The summed E-state index contributed by atoms with van der Waals surface area (Å²) in [5.74, 6) is -0.223. The molecule has 2 atom stereocenters. The van der Waals surface area contributed by atoms with Crippen molar-refractivity contribution in [2.45, 2.75) is 64.8 Å². The number of rotatable bonds is 6. The van der Waals surface area contributed by atoms with Gasteiger partial charge >= 0.3 is 0 Å². The number of hydrogen-bond donors (Lipinski definition) is 3. The van der Waals surface area contributed by atoms with Crippen molar-refractivity contribution in [3.05, 3.63) is 94.1 Å². The lowest BCUT2D eigenvalue weighted by Gasteiger charge is -2.25. The van der Waals surface area contributed by atoms with Gasteiger partial charge in [0.2, 0.25) is 0 Å². The first kappa shape index (κ1) is 29.6. The van der Waals surface area contributed by atoms with E-state index in [1.807, 2.05) is 25.3 Å². The Morgan fingerprint density at radius 3 is 2.77 bits per heavy atom. The summed E-state index contributed by atoms with van der Waals surface area (Å²) in [4.78, 5) is 20.0. The summed E-state index contributed by atoms with van der Waals surface area (Å²) >= 11 is 0. The van der Waals surface area contributed by atoms with Crippen LogP contribution in [0.2, 0.25) is 0 Å². The molecule has 2 heterocycles. The van der Waals surface area contributed by atoms with E-state index in [2.05, 4.69) is 46.6 Å². The first-order chi connectivity index (χ1) is 19.3. The maximum Gasteiger partial charge on any atom is 0.251 e. The van der Waals surface area contributed by atoms with Gasteiger partial charge in [-0.2, -0.15) is 0 Å². The fourth-order valence-electron chi connectivity index (χ4n) is 5.10. The highest BCUT2D eigenvalue weighted by Gasteiger charge is 2.24. The Hall–Kier alpha value is -3.33. The second-order valence-corrected chi connectivity index (χ2v) is 10.8. The number of amides is 1. The Labute approximate surface area is 236 Å². The number of aliphatic hydroxyl groups excluding tert-OH is 1. The number of aryl methyl sites for hydroxylation is 2. The summed E-state index contributed by atoms with van der Waals surface area (Å²) in [5, 5.41) is 17.6. The van der Waals surface area contributed by atoms with Crippen LogP contribution in [0.25, 0.3) is 0 Å². The number of fused-ring (bicyclic) bond motifs is 4. The van der Waals surface area contributed by atoms with Crippen LogP contribution in [0.3, 0.4) is 0 Å². The van der Waals surface area contributed by atoms with Crippen LogP contribution in [0, 0.1) is 12.7 Å². The van der Waals surface area contributed by atoms with E-state index in [0.29, 0.717) is 30.0 Å². The lowest BCUT2D eigenvalue weighted by atomic mass is 9.99. The molecule has 0 saturated heterocycles. The number of benzene rings is 2. The molecule has 8 heteroatoms. The highest BCUT2D eigenvalue weighted by atomic mass is 19.1. The van der Waals surface area contributed by atoms with Crippen molar-refractivity contribution in [3.8, 4) is 5.75 Å². The topological polar surface area (TPSA) is 86.7 Å². The van der Waals surface area contributed by atoms with Crippen LogP contribution >= 0.6 is 0 Å². The van der Waals surface area contributed by atoms with E-state index in [-0.39, 0.29) is 18.9 Å². The molecule has 0 spiro atoms. The van der Waals surface area contributed by atoms with Crippen LogP contribution in [0.5, 0.6) is 5.75 Å². The van der Waals surface area contributed by atoms with Gasteiger partial charge in [-0.3, -0.25) is 9.78 Å². The van der Waals surface area contributed by atoms with Crippen LogP contribution in [-0.2, 0) is 25.9 Å². The molecule has 2 aromatic carbocycles. The maximum absolute atomic E-state index is 14.5. The number of carbonyl (C=O) groups excluding carboxylic acids is 1. The lowest BCUT2D eigenvalue weighted by Crippen LogP contribution is -2.48. The average molecular weight is 549 g/mol. The van der Waals surface area contributed by atoms with Crippen LogP contribution in [0.4, 0.5) is 4.39 Å². The number of aliphatic hydroxyl groups is 1. The van der Waals surface area contributed by atoms with Gasteiger partial charge in [-0.25, -0.2) is 4.39 Å². The zero-order valence-corrected chi connectivity index (χ0v) is 23.8. The molecular weight excluding hydrogens is 507 g/mol. The van der Waals surface area contributed by atoms with E-state index >= 15 is 0 Å². The predicted molar refractivity (Wildman–Crippen MR) is 155 cm³/mol. The Balaban J connectivity index is 1.56. The average Bonchev–Trinajstić information content (AvgIpc) is 2.91. The van der Waals surface area contributed by atoms with E-state index < -0.39 is 18.0 Å². The molecule has 0 saturated carbocycles. The number of pyridine rings is 1. The highest BCUT2D eigenvalue weighted by Crippen LogP contribution is 2.20. The minimum absolute atomic E-state index is 0.240. The summed E-state index contributed by atoms with van der Waals surface area (Å²) in [6, 6.07) is 11.9. The van der Waals surface area contributed by atoms with E-state index in [9.17, 15) is 14.3 Å². The van der Waals surface area contributed by atoms with Gasteiger partial charge in [-0.1, -0.05) is 24.6 Å². The lowest BCUT2D eigenvalue weighted by molar-refractivity contribution is 0.0829. The Bertz CT molecular complexity index is 1280. The molecule has 1 aliphatic rings. The second kappa shape index (κ2) is 14.3. The number of nitrogens with zero attached hydrogens (tertiary/aromatic N) is 2. The first-order valence-electron chi connectivity index (χ1n) is 14.1. The number of aromatic nitrogens is 1. The van der Waals surface area contributed by atoms with Crippen molar-refractivity contribution in [3.63, 3.8) is 0 Å². The number of ether oxygens (including phenoxy) is 1. The molecule has 1 aliphatic heterocycles. The van der Waals surface area contributed by atoms with Gasteiger partial charge in [-0.15, -0.1) is 0 Å². The third-order valence-electron chi connectivity index (χ3n) is 7.16. The zero-order valence-electron chi connectivity index (χ0n) is 23.8. The Kier molecular flexibility index (Phi) is 10.6. The van der Waals surface area contributed by atoms with Crippen molar-refractivity contribution in [1.82, 2.24) is 20.5 Å². The molecule has 4 rings (SSSR count). The molecule has 4 bridgehead atoms. The monoisotopic (exact) mass is 548 g/mol. The number of hydrogen-bond acceptors (Lipinski definition) is 6. The summed E-state index contributed by atoms with van der Waals surface area (Å²) in [7, 11) is 2.06. The van der Waals surface area contributed by atoms with E-state index in [0.717, 1.165) is 54.6 Å². The first-order valence-corrected chi connectivity index (χ1v) is 14.1. The highest BCUT2D eigenvalue weighted by molar-refractivity contribution is 5.94. The van der Waals surface area contributed by atoms with Crippen LogP contribution in [-0.4, -0.2) is 59.8 Å². The second-order valence-electron chi connectivity index (χ2n) is 10.8. The van der Waals surface area contributed by atoms with Gasteiger partial charge in [-0.05, 0) is 92.7 Å². The molecule has 7 nitrogen and oxygen atoms in total. The largest absolute Gasteiger partial charge is 0.493 e. The zero-order chi connectivity index (χ0) is 28.5. The fourth-order valence-corrected chi connectivity index (χ4v) is 5.10. The SMILES string of the molecule is CCc1cncc(CNCC(O)C2Cc3cc(F)cc(c3)OCCCCN(C)Cc3cc(C)cc(c3)C(=O)N2)c1. The summed E-state index contributed by atoms with van der Waals surface area (Å²) in [5.41, 5.74) is 5.42. The van der Waals surface area contributed by atoms with Crippen molar-refractivity contribution in [1.29, 1.82) is 0 Å². The van der Waals surface area contributed by atoms with Gasteiger partial charge in [0.15, 0.2) is 0 Å². The van der Waals surface area contributed by atoms with Gasteiger partial charge in [0.25, 0.3) is 5.91 Å². The molecule has 40 heavy (non-hydrogen) atoms. The third-order valence-corrected chi connectivity index (χ3v) is 7.16. The standard InChI is InChI=1S/C32H41FN4O3/c1-4-23-11-26(18-34-17-23)19-35-20-31(38)30-15-24-13-28(33)16-29(14-24)40-8-6-5-7-37(3)21-25-9-22(2)10-27(12-25)32(39)36-30/h9-14,16-18,30-31,35,38H,4-8,15,19-21H2,1-3H3,(H,36,39). The Morgan fingerprint density at radius 2 is 1.95 bits per heavy atom. The van der Waals surface area contributed by atoms with Crippen molar-refractivity contribution in [2.75, 3.05) is 26.7 Å². The molecule has 1 amide bonds. The van der Waals surface area contributed by atoms with Crippen LogP contribution in [0.1, 0.15) is 57.9 Å². The molecule has 0 fully saturated rings. The molecule has 0 aliphatic carbocycles.